The van der Waals surface area contributed by atoms with Crippen molar-refractivity contribution in [3.8, 4) is 0 Å². The van der Waals surface area contributed by atoms with Crippen LogP contribution in [0.2, 0.25) is 0 Å². The first kappa shape index (κ1) is 13.0. The highest BCUT2D eigenvalue weighted by Gasteiger charge is 2.24. The van der Waals surface area contributed by atoms with Gasteiger partial charge in [-0.1, -0.05) is 24.3 Å². The standard InChI is InChI=1S/C14H12O5/c1-19-14(18)11(13(16)17)6-8-7-12(15)10-5-3-2-4-9(8)10/h2-7,12,15H,1H3,(H,16,17)/b11-6-. The van der Waals surface area contributed by atoms with E-state index in [9.17, 15) is 14.7 Å². The fourth-order valence-corrected chi connectivity index (χ4v) is 1.97. The predicted octanol–water partition coefficient (Wildman–Crippen LogP) is 1.30. The number of carboxylic acids is 1. The van der Waals surface area contributed by atoms with E-state index < -0.39 is 23.6 Å². The summed E-state index contributed by atoms with van der Waals surface area (Å²) >= 11 is 0. The van der Waals surface area contributed by atoms with Gasteiger partial charge in [-0.15, -0.1) is 0 Å². The number of aliphatic carboxylic acids is 1. The molecule has 0 aliphatic heterocycles. The lowest BCUT2D eigenvalue weighted by Crippen LogP contribution is -2.13. The normalized spacial score (nSPS) is 17.7. The Kier molecular flexibility index (Phi) is 3.48. The Hall–Kier alpha value is -2.40. The maximum absolute atomic E-state index is 11.4. The third kappa shape index (κ3) is 2.41. The van der Waals surface area contributed by atoms with Gasteiger partial charge in [-0.3, -0.25) is 0 Å². The van der Waals surface area contributed by atoms with Crippen LogP contribution in [-0.4, -0.2) is 29.3 Å². The van der Waals surface area contributed by atoms with E-state index in [-0.39, 0.29) is 0 Å². The van der Waals surface area contributed by atoms with Crippen LogP contribution in [0.15, 0.2) is 42.0 Å². The molecule has 98 valence electrons. The third-order valence-electron chi connectivity index (χ3n) is 2.86. The zero-order valence-corrected chi connectivity index (χ0v) is 10.2. The maximum Gasteiger partial charge on any atom is 0.345 e. The molecule has 0 fully saturated rings. The third-order valence-corrected chi connectivity index (χ3v) is 2.86. The smallest absolute Gasteiger partial charge is 0.345 e. The van der Waals surface area contributed by atoms with Crippen LogP contribution >= 0.6 is 0 Å². The summed E-state index contributed by atoms with van der Waals surface area (Å²) in [7, 11) is 1.12. The Labute approximate surface area is 109 Å². The van der Waals surface area contributed by atoms with E-state index >= 15 is 0 Å². The molecule has 1 unspecified atom stereocenters. The maximum atomic E-state index is 11.4. The number of allylic oxidation sites excluding steroid dienone is 2. The molecule has 1 aliphatic carbocycles. The average Bonchev–Trinajstić information content (AvgIpc) is 2.72. The van der Waals surface area contributed by atoms with Crippen LogP contribution in [0.5, 0.6) is 0 Å². The summed E-state index contributed by atoms with van der Waals surface area (Å²) in [5.74, 6) is -2.29. The zero-order valence-electron chi connectivity index (χ0n) is 10.2. The number of aliphatic hydroxyl groups excluding tert-OH is 1. The molecule has 0 heterocycles. The lowest BCUT2D eigenvalue weighted by Gasteiger charge is -2.04. The highest BCUT2D eigenvalue weighted by Crippen LogP contribution is 2.35. The van der Waals surface area contributed by atoms with Gasteiger partial charge in [0.05, 0.1) is 13.2 Å². The van der Waals surface area contributed by atoms with Crippen LogP contribution in [0.3, 0.4) is 0 Å². The van der Waals surface area contributed by atoms with Gasteiger partial charge in [0.15, 0.2) is 0 Å². The predicted molar refractivity (Wildman–Crippen MR) is 67.1 cm³/mol. The van der Waals surface area contributed by atoms with E-state index in [1.165, 1.54) is 12.2 Å². The van der Waals surface area contributed by atoms with Gasteiger partial charge in [-0.25, -0.2) is 9.59 Å². The molecule has 0 radical (unpaired) electrons. The summed E-state index contributed by atoms with van der Waals surface area (Å²) in [5, 5.41) is 18.8. The zero-order chi connectivity index (χ0) is 14.0. The minimum Gasteiger partial charge on any atom is -0.477 e. The van der Waals surface area contributed by atoms with Gasteiger partial charge in [0.25, 0.3) is 0 Å². The molecule has 1 aromatic rings. The Morgan fingerprint density at radius 2 is 2.00 bits per heavy atom. The number of carbonyl (C=O) groups excluding carboxylic acids is 1. The van der Waals surface area contributed by atoms with Crippen molar-refractivity contribution in [1.82, 2.24) is 0 Å². The summed E-state index contributed by atoms with van der Waals surface area (Å²) in [4.78, 5) is 22.4. The summed E-state index contributed by atoms with van der Waals surface area (Å²) < 4.78 is 4.42. The molecule has 19 heavy (non-hydrogen) atoms. The first-order chi connectivity index (χ1) is 9.04. The Morgan fingerprint density at radius 1 is 1.32 bits per heavy atom. The summed E-state index contributed by atoms with van der Waals surface area (Å²) in [6.45, 7) is 0. The second-order valence-corrected chi connectivity index (χ2v) is 4.01. The highest BCUT2D eigenvalue weighted by molar-refractivity contribution is 6.15. The van der Waals surface area contributed by atoms with Crippen LogP contribution < -0.4 is 0 Å². The van der Waals surface area contributed by atoms with Gasteiger partial charge >= 0.3 is 11.9 Å². The number of methoxy groups -OCH3 is 1. The van der Waals surface area contributed by atoms with Crippen LogP contribution in [0, 0.1) is 0 Å². The first-order valence-electron chi connectivity index (χ1n) is 5.57. The van der Waals surface area contributed by atoms with Gasteiger partial charge in [0.2, 0.25) is 0 Å². The molecule has 0 aromatic heterocycles. The van der Waals surface area contributed by atoms with Crippen molar-refractivity contribution < 1.29 is 24.5 Å². The fourth-order valence-electron chi connectivity index (χ4n) is 1.97. The van der Waals surface area contributed by atoms with E-state index in [1.807, 2.05) is 0 Å². The monoisotopic (exact) mass is 260 g/mol. The molecule has 0 bridgehead atoms. The van der Waals surface area contributed by atoms with Crippen LogP contribution in [0.1, 0.15) is 17.2 Å². The average molecular weight is 260 g/mol. The van der Waals surface area contributed by atoms with Crippen molar-refractivity contribution in [1.29, 1.82) is 0 Å². The Bertz CT molecular complexity index is 598. The summed E-state index contributed by atoms with van der Waals surface area (Å²) in [6.07, 6.45) is 1.91. The number of hydrogen-bond acceptors (Lipinski definition) is 4. The van der Waals surface area contributed by atoms with Crippen LogP contribution in [-0.2, 0) is 14.3 Å². The van der Waals surface area contributed by atoms with Crippen molar-refractivity contribution in [3.63, 3.8) is 0 Å². The molecule has 0 saturated carbocycles. The molecular formula is C14H12O5. The van der Waals surface area contributed by atoms with Gasteiger partial charge in [0, 0.05) is 0 Å². The first-order valence-corrected chi connectivity index (χ1v) is 5.57. The Balaban J connectivity index is 2.46. The number of esters is 1. The molecule has 2 rings (SSSR count). The van der Waals surface area contributed by atoms with Gasteiger partial charge in [-0.2, -0.15) is 0 Å². The van der Waals surface area contributed by atoms with E-state index in [4.69, 9.17) is 5.11 Å². The number of ether oxygens (including phenoxy) is 1. The lowest BCUT2D eigenvalue weighted by molar-refractivity contribution is -0.142. The molecule has 1 atom stereocenters. The quantitative estimate of drug-likeness (QED) is 0.370. The molecule has 0 amide bonds. The summed E-state index contributed by atoms with van der Waals surface area (Å²) in [5.41, 5.74) is 1.41. The van der Waals surface area contributed by atoms with Crippen LogP contribution in [0.4, 0.5) is 0 Å². The van der Waals surface area contributed by atoms with Gasteiger partial charge in [0.1, 0.15) is 5.57 Å². The van der Waals surface area contributed by atoms with Crippen molar-refractivity contribution in [2.75, 3.05) is 7.11 Å². The largest absolute Gasteiger partial charge is 0.477 e. The molecule has 1 aliphatic rings. The number of rotatable bonds is 3. The SMILES string of the molecule is COC(=O)/C(=C\C1=CC(O)c2ccccc21)C(=O)O. The molecule has 0 spiro atoms. The number of fused-ring (bicyclic) bond motifs is 1. The number of carbonyl (C=O) groups is 2. The molecule has 5 heteroatoms. The number of benzene rings is 1. The van der Waals surface area contributed by atoms with Crippen molar-refractivity contribution in [2.24, 2.45) is 0 Å². The van der Waals surface area contributed by atoms with Crippen LogP contribution in [0.25, 0.3) is 5.57 Å². The van der Waals surface area contributed by atoms with E-state index in [0.717, 1.165) is 7.11 Å². The number of aliphatic hydroxyl groups is 1. The molecule has 5 nitrogen and oxygen atoms in total. The van der Waals surface area contributed by atoms with E-state index in [2.05, 4.69) is 4.74 Å². The molecular weight excluding hydrogens is 248 g/mol. The fraction of sp³-hybridized carbons (Fsp3) is 0.143. The van der Waals surface area contributed by atoms with Gasteiger partial charge < -0.3 is 14.9 Å². The van der Waals surface area contributed by atoms with Gasteiger partial charge in [-0.05, 0) is 28.9 Å². The van der Waals surface area contributed by atoms with E-state index in [0.29, 0.717) is 16.7 Å². The summed E-state index contributed by atoms with van der Waals surface area (Å²) in [6, 6.07) is 7.05. The van der Waals surface area contributed by atoms with E-state index in [1.54, 1.807) is 24.3 Å². The van der Waals surface area contributed by atoms with Crippen molar-refractivity contribution in [2.45, 2.75) is 6.10 Å². The second-order valence-electron chi connectivity index (χ2n) is 4.01. The highest BCUT2D eigenvalue weighted by atomic mass is 16.5. The molecule has 2 N–H and O–H groups in total. The second kappa shape index (κ2) is 5.07. The molecule has 1 aromatic carbocycles. The topological polar surface area (TPSA) is 83.8 Å². The van der Waals surface area contributed by atoms with Crippen molar-refractivity contribution in [3.05, 3.63) is 53.1 Å². The lowest BCUT2D eigenvalue weighted by atomic mass is 10.0. The van der Waals surface area contributed by atoms with Crippen molar-refractivity contribution >= 4 is 17.5 Å². The minimum absolute atomic E-state index is 0.474. The minimum atomic E-state index is -1.37. The number of carboxylic acid groups (broad SMARTS) is 1. The Morgan fingerprint density at radius 3 is 2.63 bits per heavy atom. The number of hydrogen-bond donors (Lipinski definition) is 2. The molecule has 0 saturated heterocycles.